The molecule has 1 heterocycles. The van der Waals surface area contributed by atoms with Crippen LogP contribution in [0.5, 0.6) is 0 Å². The van der Waals surface area contributed by atoms with E-state index in [0.717, 1.165) is 5.75 Å². The fraction of sp³-hybridized carbons (Fsp3) is 0.143. The van der Waals surface area contributed by atoms with Gasteiger partial charge in [-0.05, 0) is 24.3 Å². The molecule has 0 radical (unpaired) electrons. The Balaban J connectivity index is 1.74. The van der Waals surface area contributed by atoms with E-state index in [2.05, 4.69) is 10.3 Å². The molecule has 0 saturated heterocycles. The maximum absolute atomic E-state index is 11.7. The lowest BCUT2D eigenvalue weighted by atomic mass is 10.3. The van der Waals surface area contributed by atoms with Gasteiger partial charge in [-0.3, -0.25) is 4.79 Å². The molecule has 0 fully saturated rings. The molecule has 1 aromatic heterocycles. The summed E-state index contributed by atoms with van der Waals surface area (Å²) in [6, 6.07) is 13.4. The van der Waals surface area contributed by atoms with Gasteiger partial charge in [-0.15, -0.1) is 11.8 Å². The van der Waals surface area contributed by atoms with Crippen molar-refractivity contribution in [3.8, 4) is 0 Å². The number of hydrogen-bond acceptors (Lipinski definition) is 4. The first-order chi connectivity index (χ1) is 9.25. The second-order valence-electron chi connectivity index (χ2n) is 3.89. The van der Waals surface area contributed by atoms with E-state index in [1.54, 1.807) is 23.9 Å². The minimum atomic E-state index is -0.173. The number of nitrogens with two attached hydrogens (primary N) is 1. The maximum atomic E-state index is 11.7. The minimum absolute atomic E-state index is 0.173. The normalized spacial score (nSPS) is 10.1. The maximum Gasteiger partial charge on any atom is 0.269 e. The number of nitrogens with zero attached hydrogens (tertiary/aromatic N) is 1. The smallest absolute Gasteiger partial charge is 0.269 e. The lowest BCUT2D eigenvalue weighted by Crippen LogP contribution is -2.26. The summed E-state index contributed by atoms with van der Waals surface area (Å²) in [5.74, 6) is 0.652. The van der Waals surface area contributed by atoms with Crippen molar-refractivity contribution in [2.24, 2.45) is 0 Å². The zero-order valence-corrected chi connectivity index (χ0v) is 11.2. The lowest BCUT2D eigenvalue weighted by Gasteiger charge is -2.05. The molecular formula is C14H15N3OS. The van der Waals surface area contributed by atoms with Gasteiger partial charge in [0.15, 0.2) is 0 Å². The van der Waals surface area contributed by atoms with E-state index >= 15 is 0 Å². The molecule has 1 amide bonds. The molecule has 0 aliphatic carbocycles. The molecule has 2 rings (SSSR count). The fourth-order valence-corrected chi connectivity index (χ4v) is 2.27. The van der Waals surface area contributed by atoms with Crippen LogP contribution in [0, 0.1) is 0 Å². The summed E-state index contributed by atoms with van der Waals surface area (Å²) >= 11 is 1.70. The first-order valence-electron chi connectivity index (χ1n) is 5.93. The van der Waals surface area contributed by atoms with Crippen LogP contribution < -0.4 is 11.1 Å². The van der Waals surface area contributed by atoms with Crippen LogP contribution >= 0.6 is 11.8 Å². The number of hydrogen-bond donors (Lipinski definition) is 2. The Labute approximate surface area is 116 Å². The Morgan fingerprint density at radius 2 is 2.00 bits per heavy atom. The molecule has 5 heteroatoms. The second kappa shape index (κ2) is 6.80. The van der Waals surface area contributed by atoms with Crippen molar-refractivity contribution in [2.75, 3.05) is 18.0 Å². The standard InChI is InChI=1S/C14H15N3OS/c15-11-6-7-13(17-10-11)14(18)16-8-9-19-12-4-2-1-3-5-12/h1-7,10H,8-9,15H2,(H,16,18). The van der Waals surface area contributed by atoms with Crippen LogP contribution in [0.1, 0.15) is 10.5 Å². The van der Waals surface area contributed by atoms with Crippen LogP contribution in [0.2, 0.25) is 0 Å². The van der Waals surface area contributed by atoms with Crippen molar-refractivity contribution in [1.29, 1.82) is 0 Å². The molecule has 4 nitrogen and oxygen atoms in total. The van der Waals surface area contributed by atoms with Crippen LogP contribution in [-0.2, 0) is 0 Å². The molecule has 0 spiro atoms. The molecule has 0 aliphatic rings. The Hall–Kier alpha value is -2.01. The second-order valence-corrected chi connectivity index (χ2v) is 5.06. The highest BCUT2D eigenvalue weighted by Crippen LogP contribution is 2.15. The number of rotatable bonds is 5. The van der Waals surface area contributed by atoms with Crippen molar-refractivity contribution in [2.45, 2.75) is 4.90 Å². The summed E-state index contributed by atoms with van der Waals surface area (Å²) in [5, 5.41) is 2.83. The first-order valence-corrected chi connectivity index (χ1v) is 6.92. The summed E-state index contributed by atoms with van der Waals surface area (Å²) in [6.45, 7) is 0.602. The largest absolute Gasteiger partial charge is 0.397 e. The highest BCUT2D eigenvalue weighted by Gasteiger charge is 2.05. The molecular weight excluding hydrogens is 258 g/mol. The zero-order valence-electron chi connectivity index (χ0n) is 10.4. The van der Waals surface area contributed by atoms with Gasteiger partial charge < -0.3 is 11.1 Å². The van der Waals surface area contributed by atoms with Crippen LogP contribution in [0.25, 0.3) is 0 Å². The van der Waals surface area contributed by atoms with Crippen LogP contribution in [0.4, 0.5) is 5.69 Å². The van der Waals surface area contributed by atoms with E-state index < -0.39 is 0 Å². The third-order valence-electron chi connectivity index (χ3n) is 2.42. The number of carbonyl (C=O) groups is 1. The molecule has 19 heavy (non-hydrogen) atoms. The van der Waals surface area contributed by atoms with Crippen molar-refractivity contribution in [3.63, 3.8) is 0 Å². The van der Waals surface area contributed by atoms with Crippen molar-refractivity contribution in [1.82, 2.24) is 10.3 Å². The summed E-state index contributed by atoms with van der Waals surface area (Å²) < 4.78 is 0. The summed E-state index contributed by atoms with van der Waals surface area (Å²) in [4.78, 5) is 16.9. The summed E-state index contributed by atoms with van der Waals surface area (Å²) in [7, 11) is 0. The quantitative estimate of drug-likeness (QED) is 0.647. The number of carbonyl (C=O) groups excluding carboxylic acids is 1. The molecule has 1 aromatic carbocycles. The lowest BCUT2D eigenvalue weighted by molar-refractivity contribution is 0.0951. The monoisotopic (exact) mass is 273 g/mol. The fourth-order valence-electron chi connectivity index (χ4n) is 1.48. The number of benzene rings is 1. The van der Waals surface area contributed by atoms with Crippen molar-refractivity contribution in [3.05, 3.63) is 54.4 Å². The number of pyridine rings is 1. The van der Waals surface area contributed by atoms with E-state index in [0.29, 0.717) is 17.9 Å². The Kier molecular flexibility index (Phi) is 4.80. The van der Waals surface area contributed by atoms with E-state index in [-0.39, 0.29) is 5.91 Å². The third kappa shape index (κ3) is 4.30. The van der Waals surface area contributed by atoms with E-state index in [1.165, 1.54) is 11.1 Å². The Morgan fingerprint density at radius 3 is 2.68 bits per heavy atom. The number of aromatic nitrogens is 1. The van der Waals surface area contributed by atoms with Gasteiger partial charge in [0.05, 0.1) is 11.9 Å². The van der Waals surface area contributed by atoms with Gasteiger partial charge in [-0.25, -0.2) is 4.98 Å². The van der Waals surface area contributed by atoms with Gasteiger partial charge >= 0.3 is 0 Å². The molecule has 0 aliphatic heterocycles. The molecule has 0 atom stereocenters. The van der Waals surface area contributed by atoms with Crippen LogP contribution in [-0.4, -0.2) is 23.2 Å². The van der Waals surface area contributed by atoms with Gasteiger partial charge in [0, 0.05) is 17.2 Å². The predicted molar refractivity (Wildman–Crippen MR) is 78.1 cm³/mol. The van der Waals surface area contributed by atoms with Crippen LogP contribution in [0.3, 0.4) is 0 Å². The Bertz CT molecular complexity index is 528. The highest BCUT2D eigenvalue weighted by molar-refractivity contribution is 7.99. The number of anilines is 1. The minimum Gasteiger partial charge on any atom is -0.397 e. The van der Waals surface area contributed by atoms with Crippen LogP contribution in [0.15, 0.2) is 53.6 Å². The zero-order chi connectivity index (χ0) is 13.5. The SMILES string of the molecule is Nc1ccc(C(=O)NCCSc2ccccc2)nc1. The molecule has 3 N–H and O–H groups in total. The molecule has 98 valence electrons. The Morgan fingerprint density at radius 1 is 1.21 bits per heavy atom. The van der Waals surface area contributed by atoms with E-state index in [1.807, 2.05) is 30.3 Å². The highest BCUT2D eigenvalue weighted by atomic mass is 32.2. The van der Waals surface area contributed by atoms with Gasteiger partial charge in [-0.1, -0.05) is 18.2 Å². The summed E-state index contributed by atoms with van der Waals surface area (Å²) in [5.41, 5.74) is 6.46. The number of nitrogens with one attached hydrogen (secondary N) is 1. The third-order valence-corrected chi connectivity index (χ3v) is 3.43. The number of nitrogen functional groups attached to an aromatic ring is 1. The van der Waals surface area contributed by atoms with Gasteiger partial charge in [-0.2, -0.15) is 0 Å². The predicted octanol–water partition coefficient (Wildman–Crippen LogP) is 2.19. The van der Waals surface area contributed by atoms with Crippen molar-refractivity contribution < 1.29 is 4.79 Å². The molecule has 0 unspecified atom stereocenters. The average Bonchev–Trinajstić information content (AvgIpc) is 2.45. The molecule has 0 saturated carbocycles. The number of thioether (sulfide) groups is 1. The topological polar surface area (TPSA) is 68.0 Å². The molecule has 2 aromatic rings. The number of amides is 1. The van der Waals surface area contributed by atoms with Crippen molar-refractivity contribution >= 4 is 23.4 Å². The van der Waals surface area contributed by atoms with Gasteiger partial charge in [0.1, 0.15) is 5.69 Å². The average molecular weight is 273 g/mol. The van der Waals surface area contributed by atoms with E-state index in [9.17, 15) is 4.79 Å². The van der Waals surface area contributed by atoms with Gasteiger partial charge in [0.25, 0.3) is 5.91 Å². The van der Waals surface area contributed by atoms with E-state index in [4.69, 9.17) is 5.73 Å². The summed E-state index contributed by atoms with van der Waals surface area (Å²) in [6.07, 6.45) is 1.48. The first kappa shape index (κ1) is 13.4. The van der Waals surface area contributed by atoms with Gasteiger partial charge in [0.2, 0.25) is 0 Å². The molecule has 0 bridgehead atoms.